The van der Waals surface area contributed by atoms with Gasteiger partial charge < -0.3 is 19.5 Å². The van der Waals surface area contributed by atoms with Crippen LogP contribution in [-0.2, 0) is 16.0 Å². The molecule has 1 fully saturated rings. The monoisotopic (exact) mass is 277 g/mol. The molecule has 1 N–H and O–H groups in total. The topological polar surface area (TPSA) is 56.8 Å². The van der Waals surface area contributed by atoms with Crippen molar-refractivity contribution in [3.05, 3.63) is 23.8 Å². The van der Waals surface area contributed by atoms with E-state index < -0.39 is 0 Å². The number of fused-ring (bicyclic) bond motifs is 1. The van der Waals surface area contributed by atoms with Gasteiger partial charge in [-0.05, 0) is 36.5 Å². The van der Waals surface area contributed by atoms with Gasteiger partial charge >= 0.3 is 0 Å². The number of rotatable bonds is 5. The molecule has 1 atom stereocenters. The highest BCUT2D eigenvalue weighted by molar-refractivity contribution is 5.76. The number of ether oxygens (including phenoxy) is 3. The summed E-state index contributed by atoms with van der Waals surface area (Å²) in [7, 11) is 0. The zero-order valence-corrected chi connectivity index (χ0v) is 11.4. The average Bonchev–Trinajstić information content (AvgIpc) is 3.09. The summed E-state index contributed by atoms with van der Waals surface area (Å²) in [5, 5.41) is 2.96. The minimum atomic E-state index is 0.112. The van der Waals surface area contributed by atoms with Crippen LogP contribution in [0.3, 0.4) is 0 Å². The Bertz CT molecular complexity index is 483. The molecule has 0 bridgehead atoms. The Morgan fingerprint density at radius 3 is 3.05 bits per heavy atom. The van der Waals surface area contributed by atoms with Crippen LogP contribution in [-0.4, -0.2) is 32.5 Å². The van der Waals surface area contributed by atoms with E-state index in [-0.39, 0.29) is 5.91 Å². The van der Waals surface area contributed by atoms with E-state index in [0.29, 0.717) is 25.7 Å². The SMILES string of the molecule is O=C(C[C@@H]1CCOC1)NCCc1ccc2c(c1)OCO2. The largest absolute Gasteiger partial charge is 0.454 e. The number of carbonyl (C=O) groups is 1. The molecule has 1 aromatic rings. The molecular formula is C15H19NO4. The Kier molecular flexibility index (Phi) is 4.06. The summed E-state index contributed by atoms with van der Waals surface area (Å²) in [5.74, 6) is 2.08. The summed E-state index contributed by atoms with van der Waals surface area (Å²) in [6.45, 7) is 2.44. The highest BCUT2D eigenvalue weighted by atomic mass is 16.7. The van der Waals surface area contributed by atoms with Gasteiger partial charge in [0.1, 0.15) is 0 Å². The van der Waals surface area contributed by atoms with Gasteiger partial charge in [0, 0.05) is 26.2 Å². The van der Waals surface area contributed by atoms with Crippen LogP contribution < -0.4 is 14.8 Å². The van der Waals surface area contributed by atoms with Gasteiger partial charge in [-0.2, -0.15) is 0 Å². The second kappa shape index (κ2) is 6.13. The van der Waals surface area contributed by atoms with Gasteiger partial charge in [-0.15, -0.1) is 0 Å². The molecule has 5 heteroatoms. The molecular weight excluding hydrogens is 258 g/mol. The number of benzene rings is 1. The Labute approximate surface area is 118 Å². The Morgan fingerprint density at radius 2 is 2.20 bits per heavy atom. The van der Waals surface area contributed by atoms with Crippen molar-refractivity contribution < 1.29 is 19.0 Å². The minimum absolute atomic E-state index is 0.112. The molecule has 1 aromatic carbocycles. The molecule has 0 saturated carbocycles. The van der Waals surface area contributed by atoms with Crippen LogP contribution in [0, 0.1) is 5.92 Å². The van der Waals surface area contributed by atoms with Crippen molar-refractivity contribution in [3.63, 3.8) is 0 Å². The van der Waals surface area contributed by atoms with E-state index in [1.54, 1.807) is 0 Å². The lowest BCUT2D eigenvalue weighted by Crippen LogP contribution is -2.27. The Hall–Kier alpha value is -1.75. The lowest BCUT2D eigenvalue weighted by atomic mass is 10.0. The van der Waals surface area contributed by atoms with Crippen LogP contribution in [0.4, 0.5) is 0 Å². The summed E-state index contributed by atoms with van der Waals surface area (Å²) in [4.78, 5) is 11.8. The minimum Gasteiger partial charge on any atom is -0.454 e. The van der Waals surface area contributed by atoms with Crippen LogP contribution in [0.2, 0.25) is 0 Å². The number of carbonyl (C=O) groups excluding carboxylic acids is 1. The third kappa shape index (κ3) is 3.22. The summed E-state index contributed by atoms with van der Waals surface area (Å²) in [6, 6.07) is 5.89. The maximum absolute atomic E-state index is 11.8. The fourth-order valence-corrected chi connectivity index (χ4v) is 2.52. The van der Waals surface area contributed by atoms with Gasteiger partial charge in [0.05, 0.1) is 0 Å². The molecule has 1 amide bonds. The average molecular weight is 277 g/mol. The number of nitrogens with one attached hydrogen (secondary N) is 1. The molecule has 2 heterocycles. The molecule has 5 nitrogen and oxygen atoms in total. The van der Waals surface area contributed by atoms with E-state index in [1.165, 1.54) is 0 Å². The van der Waals surface area contributed by atoms with E-state index in [9.17, 15) is 4.79 Å². The van der Waals surface area contributed by atoms with E-state index in [2.05, 4.69) is 5.32 Å². The molecule has 0 radical (unpaired) electrons. The first-order chi connectivity index (χ1) is 9.81. The van der Waals surface area contributed by atoms with Crippen molar-refractivity contribution >= 4 is 5.91 Å². The third-order valence-corrected chi connectivity index (χ3v) is 3.67. The van der Waals surface area contributed by atoms with Crippen molar-refractivity contribution in [2.75, 3.05) is 26.6 Å². The van der Waals surface area contributed by atoms with Gasteiger partial charge in [-0.3, -0.25) is 4.79 Å². The lowest BCUT2D eigenvalue weighted by Gasteiger charge is -2.09. The normalized spacial score (nSPS) is 20.1. The van der Waals surface area contributed by atoms with Crippen LogP contribution in [0.5, 0.6) is 11.5 Å². The molecule has 3 rings (SSSR count). The standard InChI is InChI=1S/C15H19NO4/c17-15(8-12-4-6-18-9-12)16-5-3-11-1-2-13-14(7-11)20-10-19-13/h1-2,7,12H,3-6,8-10H2,(H,16,17)/t12-/m0/s1. The molecule has 2 aliphatic heterocycles. The first kappa shape index (κ1) is 13.2. The summed E-state index contributed by atoms with van der Waals surface area (Å²) >= 11 is 0. The van der Waals surface area contributed by atoms with Crippen LogP contribution in [0.15, 0.2) is 18.2 Å². The second-order valence-corrected chi connectivity index (χ2v) is 5.22. The van der Waals surface area contributed by atoms with E-state index in [0.717, 1.165) is 43.1 Å². The predicted octanol–water partition coefficient (Wildman–Crippen LogP) is 1.50. The maximum Gasteiger partial charge on any atom is 0.231 e. The molecule has 108 valence electrons. The van der Waals surface area contributed by atoms with Crippen molar-refractivity contribution in [1.29, 1.82) is 0 Å². The molecule has 20 heavy (non-hydrogen) atoms. The first-order valence-corrected chi connectivity index (χ1v) is 7.04. The van der Waals surface area contributed by atoms with Gasteiger partial charge in [0.25, 0.3) is 0 Å². The zero-order valence-electron chi connectivity index (χ0n) is 11.4. The van der Waals surface area contributed by atoms with Crippen molar-refractivity contribution in [2.24, 2.45) is 5.92 Å². The van der Waals surface area contributed by atoms with Gasteiger partial charge in [0.15, 0.2) is 11.5 Å². The quantitative estimate of drug-likeness (QED) is 0.886. The van der Waals surface area contributed by atoms with E-state index in [4.69, 9.17) is 14.2 Å². The van der Waals surface area contributed by atoms with Crippen LogP contribution in [0.1, 0.15) is 18.4 Å². The lowest BCUT2D eigenvalue weighted by molar-refractivity contribution is -0.122. The van der Waals surface area contributed by atoms with Crippen molar-refractivity contribution in [1.82, 2.24) is 5.32 Å². The number of amides is 1. The molecule has 2 aliphatic rings. The third-order valence-electron chi connectivity index (χ3n) is 3.67. The van der Waals surface area contributed by atoms with Crippen molar-refractivity contribution in [2.45, 2.75) is 19.3 Å². The highest BCUT2D eigenvalue weighted by Gasteiger charge is 2.18. The van der Waals surface area contributed by atoms with E-state index in [1.807, 2.05) is 18.2 Å². The fourth-order valence-electron chi connectivity index (χ4n) is 2.52. The molecule has 0 unspecified atom stereocenters. The van der Waals surface area contributed by atoms with Crippen molar-refractivity contribution in [3.8, 4) is 11.5 Å². The predicted molar refractivity (Wildman–Crippen MR) is 72.8 cm³/mol. The fraction of sp³-hybridized carbons (Fsp3) is 0.533. The van der Waals surface area contributed by atoms with Crippen LogP contribution >= 0.6 is 0 Å². The van der Waals surface area contributed by atoms with Crippen LogP contribution in [0.25, 0.3) is 0 Å². The first-order valence-electron chi connectivity index (χ1n) is 7.04. The second-order valence-electron chi connectivity index (χ2n) is 5.22. The molecule has 0 aliphatic carbocycles. The van der Waals surface area contributed by atoms with E-state index >= 15 is 0 Å². The summed E-state index contributed by atoms with van der Waals surface area (Å²) < 4.78 is 15.9. The smallest absolute Gasteiger partial charge is 0.231 e. The number of hydrogen-bond donors (Lipinski definition) is 1. The highest BCUT2D eigenvalue weighted by Crippen LogP contribution is 2.32. The summed E-state index contributed by atoms with van der Waals surface area (Å²) in [6.07, 6.45) is 2.36. The maximum atomic E-state index is 11.8. The van der Waals surface area contributed by atoms with Gasteiger partial charge in [-0.25, -0.2) is 0 Å². The Balaban J connectivity index is 1.42. The summed E-state index contributed by atoms with van der Waals surface area (Å²) in [5.41, 5.74) is 1.14. The molecule has 1 saturated heterocycles. The van der Waals surface area contributed by atoms with Gasteiger partial charge in [-0.1, -0.05) is 6.07 Å². The zero-order chi connectivity index (χ0) is 13.8. The number of hydrogen-bond acceptors (Lipinski definition) is 4. The van der Waals surface area contributed by atoms with Gasteiger partial charge in [0.2, 0.25) is 12.7 Å². The molecule has 0 spiro atoms. The Morgan fingerprint density at radius 1 is 1.30 bits per heavy atom. The molecule has 0 aromatic heterocycles.